The second-order valence-corrected chi connectivity index (χ2v) is 8.74. The predicted molar refractivity (Wildman–Crippen MR) is 117 cm³/mol. The number of nitrogens with one attached hydrogen (secondary N) is 1. The van der Waals surface area contributed by atoms with Crippen molar-refractivity contribution < 1.29 is 18.3 Å². The van der Waals surface area contributed by atoms with E-state index >= 15 is 0 Å². The van der Waals surface area contributed by atoms with Crippen molar-refractivity contribution in [1.29, 1.82) is 0 Å². The number of hydrogen-bond acceptors (Lipinski definition) is 7. The Morgan fingerprint density at radius 3 is 2.68 bits per heavy atom. The number of aryl methyl sites for hydroxylation is 2. The molecule has 3 N–H and O–H groups in total. The zero-order valence-corrected chi connectivity index (χ0v) is 18.2. The Morgan fingerprint density at radius 1 is 1.29 bits per heavy atom. The Bertz CT molecular complexity index is 1130. The van der Waals surface area contributed by atoms with E-state index in [1.54, 1.807) is 12.1 Å². The summed E-state index contributed by atoms with van der Waals surface area (Å²) >= 11 is 1.24. The molecule has 0 aliphatic carbocycles. The molecule has 1 fully saturated rings. The summed E-state index contributed by atoms with van der Waals surface area (Å²) in [6.45, 7) is 5.83. The Hall–Kier alpha value is -3.01. The van der Waals surface area contributed by atoms with Crippen LogP contribution in [-0.2, 0) is 0 Å². The lowest BCUT2D eigenvalue weighted by atomic mass is 10.1. The highest BCUT2D eigenvalue weighted by Gasteiger charge is 2.27. The number of nitrogens with zero attached hydrogens (tertiary/aromatic N) is 3. The van der Waals surface area contributed by atoms with Crippen LogP contribution >= 0.6 is 11.3 Å². The van der Waals surface area contributed by atoms with Gasteiger partial charge in [-0.15, -0.1) is 16.4 Å². The van der Waals surface area contributed by atoms with Crippen molar-refractivity contribution in [2.24, 2.45) is 0 Å². The quantitative estimate of drug-likeness (QED) is 0.616. The van der Waals surface area contributed by atoms with E-state index in [0.717, 1.165) is 35.3 Å². The number of aromatic nitrogens is 2. The van der Waals surface area contributed by atoms with Gasteiger partial charge in [0, 0.05) is 37.1 Å². The molecule has 10 heteroatoms. The third kappa shape index (κ3) is 4.39. The molecule has 3 aromatic rings. The largest absolute Gasteiger partial charge is 0.433 e. The summed E-state index contributed by atoms with van der Waals surface area (Å²) in [5, 5.41) is 12.1. The molecular weight excluding hydrogens is 424 g/mol. The SMILES string of the molecule is Cc1nnc2sc(C(=O)NC3CCN(c4ccc(OC(C)(F)F)cc4)C3)c(N)c2c1C. The lowest BCUT2D eigenvalue weighted by Gasteiger charge is -2.20. The number of nitrogens with two attached hydrogens (primary N) is 1. The van der Waals surface area contributed by atoms with Crippen molar-refractivity contribution in [3.8, 4) is 5.75 Å². The number of rotatable bonds is 5. The molecule has 164 valence electrons. The van der Waals surface area contributed by atoms with Crippen LogP contribution in [0.4, 0.5) is 20.2 Å². The average Bonchev–Trinajstić information content (AvgIpc) is 3.29. The molecule has 0 radical (unpaired) electrons. The Balaban J connectivity index is 1.43. The zero-order chi connectivity index (χ0) is 22.3. The number of anilines is 2. The number of nitrogen functional groups attached to an aromatic ring is 1. The smallest absolute Gasteiger partial charge is 0.394 e. The van der Waals surface area contributed by atoms with Gasteiger partial charge in [0.25, 0.3) is 5.91 Å². The van der Waals surface area contributed by atoms with Crippen LogP contribution < -0.4 is 20.7 Å². The van der Waals surface area contributed by atoms with Crippen LogP contribution in [0.1, 0.15) is 34.3 Å². The van der Waals surface area contributed by atoms with Crippen LogP contribution in [0.2, 0.25) is 0 Å². The van der Waals surface area contributed by atoms with Crippen LogP contribution in [0.25, 0.3) is 10.2 Å². The van der Waals surface area contributed by atoms with Gasteiger partial charge in [-0.1, -0.05) is 0 Å². The Morgan fingerprint density at radius 2 is 2.00 bits per heavy atom. The minimum Gasteiger partial charge on any atom is -0.433 e. The highest BCUT2D eigenvalue weighted by atomic mass is 32.1. The lowest BCUT2D eigenvalue weighted by molar-refractivity contribution is -0.158. The fourth-order valence-electron chi connectivity index (χ4n) is 3.70. The van der Waals surface area contributed by atoms with E-state index in [0.29, 0.717) is 28.9 Å². The molecular formula is C21H23F2N5O2S. The molecule has 1 amide bonds. The number of carbonyl (C=O) groups is 1. The number of thiophene rings is 1. The first-order chi connectivity index (χ1) is 14.6. The lowest BCUT2D eigenvalue weighted by Crippen LogP contribution is -2.37. The zero-order valence-electron chi connectivity index (χ0n) is 17.4. The number of carbonyl (C=O) groups excluding carboxylic acids is 1. The average molecular weight is 448 g/mol. The van der Waals surface area contributed by atoms with Crippen molar-refractivity contribution in [1.82, 2.24) is 15.5 Å². The first kappa shape index (κ1) is 21.2. The van der Waals surface area contributed by atoms with Gasteiger partial charge in [-0.3, -0.25) is 4.79 Å². The molecule has 1 unspecified atom stereocenters. The second-order valence-electron chi connectivity index (χ2n) is 7.74. The summed E-state index contributed by atoms with van der Waals surface area (Å²) in [4.78, 5) is 16.1. The number of alkyl halides is 2. The fourth-order valence-corrected chi connectivity index (χ4v) is 4.71. The van der Waals surface area contributed by atoms with Gasteiger partial charge in [-0.05, 0) is 50.1 Å². The fraction of sp³-hybridized carbons (Fsp3) is 0.381. The summed E-state index contributed by atoms with van der Waals surface area (Å²) in [5.74, 6) is -0.118. The van der Waals surface area contributed by atoms with Gasteiger partial charge >= 0.3 is 6.11 Å². The molecule has 3 heterocycles. The maximum absolute atomic E-state index is 13.0. The van der Waals surface area contributed by atoms with Crippen molar-refractivity contribution in [2.45, 2.75) is 39.3 Å². The molecule has 1 aliphatic heterocycles. The van der Waals surface area contributed by atoms with Crippen molar-refractivity contribution >= 4 is 38.8 Å². The number of halogens is 2. The standard InChI is InChI=1S/C21H23F2N5O2S/c1-11-12(2)26-27-20-16(11)17(24)18(31-20)19(29)25-13-8-9-28(10-13)14-4-6-15(7-5-14)30-21(3,22)23/h4-7,13H,8-10,24H2,1-3H3,(H,25,29). The highest BCUT2D eigenvalue weighted by molar-refractivity contribution is 7.21. The van der Waals surface area contributed by atoms with E-state index in [9.17, 15) is 13.6 Å². The monoisotopic (exact) mass is 447 g/mol. The first-order valence-corrected chi connectivity index (χ1v) is 10.7. The van der Waals surface area contributed by atoms with Gasteiger partial charge in [-0.25, -0.2) is 0 Å². The van der Waals surface area contributed by atoms with E-state index in [1.807, 2.05) is 13.8 Å². The van der Waals surface area contributed by atoms with E-state index in [4.69, 9.17) is 5.73 Å². The maximum Gasteiger partial charge on any atom is 0.394 e. The number of fused-ring (bicyclic) bond motifs is 1. The third-order valence-corrected chi connectivity index (χ3v) is 6.45. The van der Waals surface area contributed by atoms with Crippen molar-refractivity contribution in [3.05, 3.63) is 40.4 Å². The molecule has 2 aromatic heterocycles. The molecule has 31 heavy (non-hydrogen) atoms. The molecule has 1 aromatic carbocycles. The van der Waals surface area contributed by atoms with Crippen LogP contribution in [0, 0.1) is 13.8 Å². The van der Waals surface area contributed by atoms with E-state index in [1.165, 1.54) is 23.5 Å². The van der Waals surface area contributed by atoms with Crippen LogP contribution in [0.15, 0.2) is 24.3 Å². The summed E-state index contributed by atoms with van der Waals surface area (Å²) in [5.41, 5.74) is 9.30. The first-order valence-electron chi connectivity index (χ1n) is 9.87. The van der Waals surface area contributed by atoms with E-state index in [2.05, 4.69) is 25.2 Å². The summed E-state index contributed by atoms with van der Waals surface area (Å²) in [6, 6.07) is 6.45. The third-order valence-electron chi connectivity index (χ3n) is 5.36. The highest BCUT2D eigenvalue weighted by Crippen LogP contribution is 2.35. The molecule has 0 spiro atoms. The topological polar surface area (TPSA) is 93.4 Å². The van der Waals surface area contributed by atoms with Crippen LogP contribution in [0.5, 0.6) is 5.75 Å². The molecule has 1 saturated heterocycles. The summed E-state index contributed by atoms with van der Waals surface area (Å²) in [6.07, 6.45) is -2.46. The number of hydrogen-bond donors (Lipinski definition) is 2. The van der Waals surface area contributed by atoms with Crippen molar-refractivity contribution in [3.63, 3.8) is 0 Å². The minimum atomic E-state index is -3.22. The molecule has 7 nitrogen and oxygen atoms in total. The summed E-state index contributed by atoms with van der Waals surface area (Å²) < 4.78 is 30.5. The molecule has 1 atom stereocenters. The molecule has 0 bridgehead atoms. The predicted octanol–water partition coefficient (Wildman–Crippen LogP) is 3.89. The second kappa shape index (κ2) is 7.92. The molecule has 1 aliphatic rings. The van der Waals surface area contributed by atoms with Crippen molar-refractivity contribution in [2.75, 3.05) is 23.7 Å². The molecule has 0 saturated carbocycles. The van der Waals surface area contributed by atoms with Gasteiger partial charge in [0.1, 0.15) is 15.5 Å². The minimum absolute atomic E-state index is 0.0538. The summed E-state index contributed by atoms with van der Waals surface area (Å²) in [7, 11) is 0. The number of benzene rings is 1. The Labute approximate surface area is 182 Å². The number of ether oxygens (including phenoxy) is 1. The normalized spacial score (nSPS) is 16.7. The van der Waals surface area contributed by atoms with Gasteiger partial charge in [0.05, 0.1) is 11.4 Å². The Kier molecular flexibility index (Phi) is 5.42. The van der Waals surface area contributed by atoms with E-state index in [-0.39, 0.29) is 17.7 Å². The maximum atomic E-state index is 13.0. The van der Waals surface area contributed by atoms with Gasteiger partial charge in [0.15, 0.2) is 0 Å². The van der Waals surface area contributed by atoms with E-state index < -0.39 is 6.11 Å². The van der Waals surface area contributed by atoms with Gasteiger partial charge < -0.3 is 20.7 Å². The molecule has 4 rings (SSSR count). The van der Waals surface area contributed by atoms with Gasteiger partial charge in [-0.2, -0.15) is 13.9 Å². The van der Waals surface area contributed by atoms with Crippen LogP contribution in [-0.4, -0.2) is 41.3 Å². The number of amides is 1. The van der Waals surface area contributed by atoms with Crippen LogP contribution in [0.3, 0.4) is 0 Å². The van der Waals surface area contributed by atoms with Gasteiger partial charge in [0.2, 0.25) is 0 Å².